The van der Waals surface area contributed by atoms with Crippen molar-refractivity contribution in [1.82, 2.24) is 9.80 Å². The number of benzene rings is 2. The Morgan fingerprint density at radius 1 is 0.923 bits per heavy atom. The molecule has 0 saturated carbocycles. The van der Waals surface area contributed by atoms with Crippen molar-refractivity contribution in [3.8, 4) is 0 Å². The fraction of sp³-hybridized carbons (Fsp3) is 0.316. The van der Waals surface area contributed by atoms with Crippen LogP contribution in [-0.4, -0.2) is 64.4 Å². The van der Waals surface area contributed by atoms with Crippen LogP contribution in [0.1, 0.15) is 10.4 Å². The molecule has 0 unspecified atom stereocenters. The molecule has 0 spiro atoms. The maximum Gasteiger partial charge on any atom is 0.264 e. The van der Waals surface area contributed by atoms with E-state index in [9.17, 15) is 13.2 Å². The quantitative estimate of drug-likeness (QED) is 0.821. The van der Waals surface area contributed by atoms with Crippen molar-refractivity contribution in [3.63, 3.8) is 0 Å². The lowest BCUT2D eigenvalue weighted by atomic mass is 10.1. The zero-order valence-corrected chi connectivity index (χ0v) is 15.8. The van der Waals surface area contributed by atoms with Crippen LogP contribution in [0.25, 0.3) is 0 Å². The molecule has 1 aliphatic heterocycles. The van der Waals surface area contributed by atoms with Gasteiger partial charge in [-0.25, -0.2) is 8.42 Å². The number of amides is 1. The Labute approximate surface area is 154 Å². The molecule has 2 aromatic carbocycles. The third-order valence-electron chi connectivity index (χ3n) is 4.67. The van der Waals surface area contributed by atoms with Gasteiger partial charge in [-0.2, -0.15) is 0 Å². The molecular weight excluding hydrogens is 350 g/mol. The zero-order chi connectivity index (χ0) is 18.7. The normalized spacial score (nSPS) is 15.7. The summed E-state index contributed by atoms with van der Waals surface area (Å²) in [6, 6.07) is 15.0. The van der Waals surface area contributed by atoms with E-state index in [0.717, 1.165) is 13.1 Å². The van der Waals surface area contributed by atoms with E-state index in [1.807, 2.05) is 11.9 Å². The van der Waals surface area contributed by atoms with Gasteiger partial charge in [0.2, 0.25) is 0 Å². The van der Waals surface area contributed by atoms with Crippen molar-refractivity contribution < 1.29 is 13.2 Å². The third-order valence-corrected chi connectivity index (χ3v) is 6.47. The molecule has 0 radical (unpaired) electrons. The van der Waals surface area contributed by atoms with Crippen LogP contribution in [0.3, 0.4) is 0 Å². The van der Waals surface area contributed by atoms with Gasteiger partial charge in [0.15, 0.2) is 0 Å². The summed E-state index contributed by atoms with van der Waals surface area (Å²) in [6.45, 7) is 3.14. The molecule has 0 N–H and O–H groups in total. The second-order valence-corrected chi connectivity index (χ2v) is 8.40. The number of carbonyl (C=O) groups excluding carboxylic acids is 1. The minimum Gasteiger partial charge on any atom is -0.336 e. The Morgan fingerprint density at radius 3 is 2.08 bits per heavy atom. The largest absolute Gasteiger partial charge is 0.336 e. The molecule has 1 saturated heterocycles. The van der Waals surface area contributed by atoms with Crippen LogP contribution in [0.5, 0.6) is 0 Å². The Morgan fingerprint density at radius 2 is 1.50 bits per heavy atom. The molecule has 26 heavy (non-hydrogen) atoms. The molecule has 7 heteroatoms. The topological polar surface area (TPSA) is 60.9 Å². The standard InChI is InChI=1S/C19H23N3O3S/c1-20-12-14-22(15-13-20)19(23)16-8-10-17(11-9-16)21(2)26(24,25)18-6-4-3-5-7-18/h3-11H,12-15H2,1-2H3. The second-order valence-electron chi connectivity index (χ2n) is 6.43. The van der Waals surface area contributed by atoms with E-state index >= 15 is 0 Å². The van der Waals surface area contributed by atoms with Crippen LogP contribution < -0.4 is 4.31 Å². The minimum absolute atomic E-state index is 0.0155. The van der Waals surface area contributed by atoms with Gasteiger partial charge >= 0.3 is 0 Å². The van der Waals surface area contributed by atoms with E-state index in [1.54, 1.807) is 54.6 Å². The summed E-state index contributed by atoms with van der Waals surface area (Å²) in [5.41, 5.74) is 1.09. The number of likely N-dealkylation sites (N-methyl/N-ethyl adjacent to an activating group) is 1. The molecule has 1 fully saturated rings. The molecule has 0 aliphatic carbocycles. The van der Waals surface area contributed by atoms with E-state index in [0.29, 0.717) is 24.3 Å². The van der Waals surface area contributed by atoms with E-state index < -0.39 is 10.0 Å². The predicted molar refractivity (Wildman–Crippen MR) is 102 cm³/mol. The molecular formula is C19H23N3O3S. The number of hydrogen-bond donors (Lipinski definition) is 0. The van der Waals surface area contributed by atoms with Crippen LogP contribution in [0.4, 0.5) is 5.69 Å². The molecule has 6 nitrogen and oxygen atoms in total. The second kappa shape index (κ2) is 7.47. The minimum atomic E-state index is -3.62. The zero-order valence-electron chi connectivity index (χ0n) is 15.0. The summed E-state index contributed by atoms with van der Waals surface area (Å²) in [5, 5.41) is 0. The molecule has 3 rings (SSSR count). The van der Waals surface area contributed by atoms with Crippen LogP contribution in [-0.2, 0) is 10.0 Å². The van der Waals surface area contributed by atoms with Crippen molar-refractivity contribution in [1.29, 1.82) is 0 Å². The lowest BCUT2D eigenvalue weighted by Gasteiger charge is -2.32. The van der Waals surface area contributed by atoms with E-state index in [-0.39, 0.29) is 10.8 Å². The van der Waals surface area contributed by atoms with Crippen LogP contribution >= 0.6 is 0 Å². The van der Waals surface area contributed by atoms with Crippen LogP contribution in [0.2, 0.25) is 0 Å². The van der Waals surface area contributed by atoms with Gasteiger partial charge in [-0.3, -0.25) is 9.10 Å². The molecule has 0 aromatic heterocycles. The van der Waals surface area contributed by atoms with Crippen molar-refractivity contribution in [2.75, 3.05) is 44.6 Å². The Hall–Kier alpha value is -2.38. The van der Waals surface area contributed by atoms with Gasteiger partial charge in [0, 0.05) is 38.8 Å². The Kier molecular flexibility index (Phi) is 5.29. The van der Waals surface area contributed by atoms with Gasteiger partial charge in [-0.15, -0.1) is 0 Å². The molecule has 1 aliphatic rings. The first-order valence-electron chi connectivity index (χ1n) is 8.51. The Balaban J connectivity index is 1.76. The highest BCUT2D eigenvalue weighted by molar-refractivity contribution is 7.92. The summed E-state index contributed by atoms with van der Waals surface area (Å²) < 4.78 is 26.6. The lowest BCUT2D eigenvalue weighted by molar-refractivity contribution is 0.0664. The smallest absolute Gasteiger partial charge is 0.264 e. The molecule has 1 heterocycles. The van der Waals surface area contributed by atoms with Crippen molar-refractivity contribution >= 4 is 21.6 Å². The fourth-order valence-corrected chi connectivity index (χ4v) is 4.11. The SMILES string of the molecule is CN1CCN(C(=O)c2ccc(N(C)S(=O)(=O)c3ccccc3)cc2)CC1. The number of piperazine rings is 1. The molecule has 138 valence electrons. The summed E-state index contributed by atoms with van der Waals surface area (Å²) in [6.07, 6.45) is 0. The fourth-order valence-electron chi connectivity index (χ4n) is 2.90. The number of nitrogens with zero attached hydrogens (tertiary/aromatic N) is 3. The first kappa shape index (κ1) is 18.4. The van der Waals surface area contributed by atoms with Gasteiger partial charge in [-0.1, -0.05) is 18.2 Å². The number of rotatable bonds is 4. The molecule has 0 bridgehead atoms. The number of hydrogen-bond acceptors (Lipinski definition) is 4. The first-order chi connectivity index (χ1) is 12.4. The van der Waals surface area contributed by atoms with Gasteiger partial charge in [-0.05, 0) is 43.4 Å². The summed E-state index contributed by atoms with van der Waals surface area (Å²) in [4.78, 5) is 16.8. The molecule has 0 atom stereocenters. The lowest BCUT2D eigenvalue weighted by Crippen LogP contribution is -2.47. The van der Waals surface area contributed by atoms with E-state index in [4.69, 9.17) is 0 Å². The van der Waals surface area contributed by atoms with Gasteiger partial charge in [0.25, 0.3) is 15.9 Å². The van der Waals surface area contributed by atoms with Gasteiger partial charge in [0.05, 0.1) is 10.6 Å². The maximum atomic E-state index is 12.7. The van der Waals surface area contributed by atoms with Crippen molar-refractivity contribution in [2.45, 2.75) is 4.90 Å². The van der Waals surface area contributed by atoms with E-state index in [1.165, 1.54) is 11.4 Å². The van der Waals surface area contributed by atoms with Gasteiger partial charge in [0.1, 0.15) is 0 Å². The predicted octanol–water partition coefficient (Wildman–Crippen LogP) is 1.90. The van der Waals surface area contributed by atoms with Crippen molar-refractivity contribution in [3.05, 3.63) is 60.2 Å². The van der Waals surface area contributed by atoms with Crippen LogP contribution in [0.15, 0.2) is 59.5 Å². The van der Waals surface area contributed by atoms with Crippen molar-refractivity contribution in [2.24, 2.45) is 0 Å². The average molecular weight is 373 g/mol. The highest BCUT2D eigenvalue weighted by atomic mass is 32.2. The monoisotopic (exact) mass is 373 g/mol. The highest BCUT2D eigenvalue weighted by Crippen LogP contribution is 2.22. The number of anilines is 1. The van der Waals surface area contributed by atoms with E-state index in [2.05, 4.69) is 4.90 Å². The summed E-state index contributed by atoms with van der Waals surface area (Å²) in [7, 11) is -0.0645. The molecule has 2 aromatic rings. The molecule has 1 amide bonds. The summed E-state index contributed by atoms with van der Waals surface area (Å²) in [5.74, 6) is -0.0155. The average Bonchev–Trinajstić information content (AvgIpc) is 2.68. The first-order valence-corrected chi connectivity index (χ1v) is 9.95. The number of carbonyl (C=O) groups is 1. The summed E-state index contributed by atoms with van der Waals surface area (Å²) >= 11 is 0. The van der Waals surface area contributed by atoms with Crippen LogP contribution in [0, 0.1) is 0 Å². The third kappa shape index (κ3) is 3.73. The number of sulfonamides is 1. The van der Waals surface area contributed by atoms with Gasteiger partial charge < -0.3 is 9.80 Å². The maximum absolute atomic E-state index is 12.7. The Bertz CT molecular complexity index is 859. The highest BCUT2D eigenvalue weighted by Gasteiger charge is 2.23.